The van der Waals surface area contributed by atoms with Crippen LogP contribution in [0, 0.1) is 0 Å². The minimum Gasteiger partial charge on any atom is -0.395 e. The molecule has 1 aliphatic rings. The molecular weight excluding hydrogens is 190 g/mol. The minimum atomic E-state index is 0.194. The van der Waals surface area contributed by atoms with Gasteiger partial charge < -0.3 is 5.11 Å². The summed E-state index contributed by atoms with van der Waals surface area (Å²) in [6.07, 6.45) is 6.22. The van der Waals surface area contributed by atoms with Crippen LogP contribution in [0.15, 0.2) is 0 Å². The molecule has 1 N–H and O–H groups in total. The molecule has 1 heterocycles. The first-order valence-corrected chi connectivity index (χ1v) is 6.14. The summed E-state index contributed by atoms with van der Waals surface area (Å²) in [4.78, 5) is 13.7. The molecule has 1 saturated heterocycles. The Morgan fingerprint density at radius 1 is 1.40 bits per heavy atom. The molecule has 0 aliphatic carbocycles. The molecule has 1 fully saturated rings. The molecule has 1 unspecified atom stereocenters. The molecule has 0 amide bonds. The van der Waals surface area contributed by atoms with Gasteiger partial charge in [0.25, 0.3) is 0 Å². The highest BCUT2D eigenvalue weighted by atomic mass is 16.3. The maximum absolute atomic E-state index is 11.6. The lowest BCUT2D eigenvalue weighted by Crippen LogP contribution is -2.40. The van der Waals surface area contributed by atoms with Crippen molar-refractivity contribution in [3.8, 4) is 0 Å². The Balaban J connectivity index is 2.43. The summed E-state index contributed by atoms with van der Waals surface area (Å²) in [7, 11) is 0. The van der Waals surface area contributed by atoms with Gasteiger partial charge in [-0.1, -0.05) is 19.8 Å². The molecule has 3 heteroatoms. The number of Topliss-reactive ketones (excluding diaryl/α,β-unsaturated/α-hetero) is 1. The number of carbonyl (C=O) groups excluding carboxylic acids is 1. The zero-order valence-electron chi connectivity index (χ0n) is 9.74. The molecule has 0 aromatic heterocycles. The van der Waals surface area contributed by atoms with Crippen molar-refractivity contribution in [3.05, 3.63) is 0 Å². The maximum Gasteiger partial charge on any atom is 0.146 e. The summed E-state index contributed by atoms with van der Waals surface area (Å²) >= 11 is 0. The molecule has 1 rings (SSSR count). The molecule has 88 valence electrons. The van der Waals surface area contributed by atoms with Gasteiger partial charge in [0.05, 0.1) is 13.2 Å². The van der Waals surface area contributed by atoms with Crippen molar-refractivity contribution >= 4 is 5.78 Å². The summed E-state index contributed by atoms with van der Waals surface area (Å²) in [5.41, 5.74) is 0. The standard InChI is InChI=1S/C12H23NO2/c1-2-6-12(15)9-13-8-5-3-4-7-11(13)10-14/h11,14H,2-10H2,1H3. The Morgan fingerprint density at radius 3 is 2.87 bits per heavy atom. The summed E-state index contributed by atoms with van der Waals surface area (Å²) in [5.74, 6) is 0.317. The quantitative estimate of drug-likeness (QED) is 0.754. The number of nitrogens with zero attached hydrogens (tertiary/aromatic N) is 1. The third-order valence-corrected chi connectivity index (χ3v) is 3.12. The Labute approximate surface area is 92.5 Å². The number of hydrogen-bond acceptors (Lipinski definition) is 3. The van der Waals surface area contributed by atoms with E-state index in [9.17, 15) is 9.90 Å². The molecule has 0 aromatic carbocycles. The largest absolute Gasteiger partial charge is 0.395 e. The van der Waals surface area contributed by atoms with Crippen LogP contribution >= 0.6 is 0 Å². The lowest BCUT2D eigenvalue weighted by Gasteiger charge is -2.27. The van der Waals surface area contributed by atoms with Gasteiger partial charge in [0, 0.05) is 12.5 Å². The number of aliphatic hydroxyl groups excluding tert-OH is 1. The average Bonchev–Trinajstić information content (AvgIpc) is 2.43. The van der Waals surface area contributed by atoms with Crippen LogP contribution in [-0.4, -0.2) is 41.5 Å². The van der Waals surface area contributed by atoms with E-state index in [-0.39, 0.29) is 12.6 Å². The van der Waals surface area contributed by atoms with Gasteiger partial charge >= 0.3 is 0 Å². The summed E-state index contributed by atoms with van der Waals surface area (Å²) in [5, 5.41) is 9.28. The molecule has 1 aliphatic heterocycles. The van der Waals surface area contributed by atoms with Crippen molar-refractivity contribution in [2.75, 3.05) is 19.7 Å². The number of carbonyl (C=O) groups is 1. The average molecular weight is 213 g/mol. The number of ketones is 1. The van der Waals surface area contributed by atoms with Crippen LogP contribution in [0.3, 0.4) is 0 Å². The summed E-state index contributed by atoms with van der Waals surface area (Å²) in [6, 6.07) is 0.216. The van der Waals surface area contributed by atoms with Gasteiger partial charge in [0.2, 0.25) is 0 Å². The van der Waals surface area contributed by atoms with Gasteiger partial charge in [0.15, 0.2) is 0 Å². The van der Waals surface area contributed by atoms with Crippen LogP contribution in [0.5, 0.6) is 0 Å². The van der Waals surface area contributed by atoms with E-state index < -0.39 is 0 Å². The van der Waals surface area contributed by atoms with Crippen LogP contribution in [0.25, 0.3) is 0 Å². The Hall–Kier alpha value is -0.410. The van der Waals surface area contributed by atoms with Gasteiger partial charge in [0.1, 0.15) is 5.78 Å². The predicted molar refractivity (Wildman–Crippen MR) is 60.8 cm³/mol. The molecule has 1 atom stereocenters. The first kappa shape index (κ1) is 12.7. The van der Waals surface area contributed by atoms with Gasteiger partial charge in [-0.15, -0.1) is 0 Å². The second-order valence-corrected chi connectivity index (χ2v) is 4.44. The van der Waals surface area contributed by atoms with E-state index in [2.05, 4.69) is 4.90 Å². The van der Waals surface area contributed by atoms with E-state index in [4.69, 9.17) is 0 Å². The van der Waals surface area contributed by atoms with Gasteiger partial charge in [-0.3, -0.25) is 9.69 Å². The molecule has 0 aromatic rings. The van der Waals surface area contributed by atoms with E-state index in [1.807, 2.05) is 6.92 Å². The number of rotatable bonds is 5. The first-order valence-electron chi connectivity index (χ1n) is 6.14. The third-order valence-electron chi connectivity index (χ3n) is 3.12. The van der Waals surface area contributed by atoms with Crippen molar-refractivity contribution < 1.29 is 9.90 Å². The smallest absolute Gasteiger partial charge is 0.146 e. The zero-order valence-corrected chi connectivity index (χ0v) is 9.74. The minimum absolute atomic E-state index is 0.194. The Morgan fingerprint density at radius 2 is 2.20 bits per heavy atom. The van der Waals surface area contributed by atoms with E-state index in [0.717, 1.165) is 25.8 Å². The lowest BCUT2D eigenvalue weighted by molar-refractivity contribution is -0.121. The molecule has 0 saturated carbocycles. The van der Waals surface area contributed by atoms with Crippen molar-refractivity contribution in [2.45, 2.75) is 51.5 Å². The monoisotopic (exact) mass is 213 g/mol. The molecule has 0 bridgehead atoms. The van der Waals surface area contributed by atoms with E-state index in [1.54, 1.807) is 0 Å². The number of aliphatic hydroxyl groups is 1. The molecule has 0 radical (unpaired) electrons. The number of likely N-dealkylation sites (tertiary alicyclic amines) is 1. The highest BCUT2D eigenvalue weighted by molar-refractivity contribution is 5.80. The van der Waals surface area contributed by atoms with Gasteiger partial charge in [-0.25, -0.2) is 0 Å². The summed E-state index contributed by atoms with van der Waals surface area (Å²) in [6.45, 7) is 3.74. The van der Waals surface area contributed by atoms with Crippen molar-refractivity contribution in [3.63, 3.8) is 0 Å². The van der Waals surface area contributed by atoms with E-state index in [1.165, 1.54) is 12.8 Å². The molecule has 15 heavy (non-hydrogen) atoms. The van der Waals surface area contributed by atoms with E-state index >= 15 is 0 Å². The Bertz CT molecular complexity index is 194. The second-order valence-electron chi connectivity index (χ2n) is 4.44. The SMILES string of the molecule is CCCC(=O)CN1CCCCCC1CO. The van der Waals surface area contributed by atoms with Crippen molar-refractivity contribution in [1.29, 1.82) is 0 Å². The fraction of sp³-hybridized carbons (Fsp3) is 0.917. The van der Waals surface area contributed by atoms with Crippen molar-refractivity contribution in [1.82, 2.24) is 4.90 Å². The van der Waals surface area contributed by atoms with E-state index in [0.29, 0.717) is 18.7 Å². The molecular formula is C12H23NO2. The van der Waals surface area contributed by atoms with Crippen LogP contribution in [0.1, 0.15) is 45.4 Å². The molecule has 0 spiro atoms. The predicted octanol–water partition coefficient (Wildman–Crippen LogP) is 1.59. The van der Waals surface area contributed by atoms with Crippen LogP contribution in [0.2, 0.25) is 0 Å². The third kappa shape index (κ3) is 4.31. The van der Waals surface area contributed by atoms with Crippen molar-refractivity contribution in [2.24, 2.45) is 0 Å². The zero-order chi connectivity index (χ0) is 11.1. The highest BCUT2D eigenvalue weighted by Crippen LogP contribution is 2.16. The Kier molecular flexibility index (Phi) is 5.88. The second kappa shape index (κ2) is 6.96. The van der Waals surface area contributed by atoms with Crippen LogP contribution in [-0.2, 0) is 4.79 Å². The normalized spacial score (nSPS) is 23.7. The fourth-order valence-corrected chi connectivity index (χ4v) is 2.24. The first-order chi connectivity index (χ1) is 7.27. The van der Waals surface area contributed by atoms with Crippen LogP contribution in [0.4, 0.5) is 0 Å². The van der Waals surface area contributed by atoms with Gasteiger partial charge in [-0.05, 0) is 25.8 Å². The summed E-state index contributed by atoms with van der Waals surface area (Å²) < 4.78 is 0. The lowest BCUT2D eigenvalue weighted by atomic mass is 10.1. The number of hydrogen-bond donors (Lipinski definition) is 1. The topological polar surface area (TPSA) is 40.5 Å². The highest BCUT2D eigenvalue weighted by Gasteiger charge is 2.21. The maximum atomic E-state index is 11.6. The van der Waals surface area contributed by atoms with Gasteiger partial charge in [-0.2, -0.15) is 0 Å². The fourth-order valence-electron chi connectivity index (χ4n) is 2.24. The molecule has 3 nitrogen and oxygen atoms in total. The van der Waals surface area contributed by atoms with Crippen LogP contribution < -0.4 is 0 Å².